The van der Waals surface area contributed by atoms with Crippen molar-refractivity contribution in [1.82, 2.24) is 20.2 Å². The molecule has 0 spiro atoms. The van der Waals surface area contributed by atoms with Crippen LogP contribution in [0.2, 0.25) is 0 Å². The van der Waals surface area contributed by atoms with Crippen LogP contribution in [0.3, 0.4) is 0 Å². The Morgan fingerprint density at radius 3 is 2.50 bits per heavy atom. The molecule has 0 fully saturated rings. The summed E-state index contributed by atoms with van der Waals surface area (Å²) in [5.74, 6) is -0.941. The fraction of sp³-hybridized carbons (Fsp3) is 0.0833. The average molecular weight is 242 g/mol. The summed E-state index contributed by atoms with van der Waals surface area (Å²) in [6.45, 7) is 4.74. The van der Waals surface area contributed by atoms with Crippen molar-refractivity contribution in [2.24, 2.45) is 0 Å². The highest BCUT2D eigenvalue weighted by atomic mass is 16.2. The SMILES string of the molecule is C=C(C(=O)C(C)=O)n1nnnc1-c1ccccc1. The number of rotatable bonds is 4. The highest BCUT2D eigenvalue weighted by molar-refractivity contribution is 6.51. The molecule has 6 nitrogen and oxygen atoms in total. The quantitative estimate of drug-likeness (QED) is 0.589. The summed E-state index contributed by atoms with van der Waals surface area (Å²) in [5, 5.41) is 11.0. The van der Waals surface area contributed by atoms with Crippen molar-refractivity contribution in [1.29, 1.82) is 0 Å². The first-order valence-electron chi connectivity index (χ1n) is 5.19. The van der Waals surface area contributed by atoms with Gasteiger partial charge in [-0.2, -0.15) is 4.68 Å². The summed E-state index contributed by atoms with van der Waals surface area (Å²) in [6, 6.07) is 9.10. The lowest BCUT2D eigenvalue weighted by atomic mass is 10.2. The zero-order chi connectivity index (χ0) is 13.1. The molecule has 0 radical (unpaired) electrons. The molecular weight excluding hydrogens is 232 g/mol. The fourth-order valence-corrected chi connectivity index (χ4v) is 1.44. The van der Waals surface area contributed by atoms with Gasteiger partial charge in [0.15, 0.2) is 5.82 Å². The molecule has 0 unspecified atom stereocenters. The summed E-state index contributed by atoms with van der Waals surface area (Å²) in [6.07, 6.45) is 0. The van der Waals surface area contributed by atoms with Gasteiger partial charge in [0, 0.05) is 12.5 Å². The van der Waals surface area contributed by atoms with Gasteiger partial charge in [-0.15, -0.1) is 5.10 Å². The van der Waals surface area contributed by atoms with E-state index in [1.54, 1.807) is 12.1 Å². The highest BCUT2D eigenvalue weighted by Gasteiger charge is 2.19. The maximum absolute atomic E-state index is 11.6. The van der Waals surface area contributed by atoms with Gasteiger partial charge in [0.05, 0.1) is 0 Å². The number of aromatic nitrogens is 4. The molecule has 0 atom stereocenters. The summed E-state index contributed by atoms with van der Waals surface area (Å²) < 4.78 is 1.17. The molecule has 1 heterocycles. The number of hydrogen-bond acceptors (Lipinski definition) is 5. The number of hydrogen-bond donors (Lipinski definition) is 0. The predicted molar refractivity (Wildman–Crippen MR) is 64.3 cm³/mol. The van der Waals surface area contributed by atoms with E-state index in [0.717, 1.165) is 5.56 Å². The van der Waals surface area contributed by atoms with Gasteiger partial charge in [-0.3, -0.25) is 9.59 Å². The number of nitrogens with zero attached hydrogens (tertiary/aromatic N) is 4. The van der Waals surface area contributed by atoms with Gasteiger partial charge in [-0.25, -0.2) is 0 Å². The molecule has 0 bridgehead atoms. The Balaban J connectivity index is 2.43. The fourth-order valence-electron chi connectivity index (χ4n) is 1.44. The van der Waals surface area contributed by atoms with Gasteiger partial charge in [-0.05, 0) is 10.4 Å². The van der Waals surface area contributed by atoms with E-state index in [9.17, 15) is 9.59 Å². The van der Waals surface area contributed by atoms with Crippen LogP contribution in [0.1, 0.15) is 6.92 Å². The Bertz CT molecular complexity index is 616. The molecule has 0 saturated heterocycles. The van der Waals surface area contributed by atoms with Crippen molar-refractivity contribution >= 4 is 17.3 Å². The van der Waals surface area contributed by atoms with E-state index in [-0.39, 0.29) is 5.70 Å². The summed E-state index contributed by atoms with van der Waals surface area (Å²) in [4.78, 5) is 22.6. The van der Waals surface area contributed by atoms with E-state index in [1.807, 2.05) is 18.2 Å². The topological polar surface area (TPSA) is 77.7 Å². The molecule has 1 aromatic carbocycles. The molecule has 0 saturated carbocycles. The number of Topliss-reactive ketones (excluding diaryl/α,β-unsaturated/α-hetero) is 2. The predicted octanol–water partition coefficient (Wildman–Crippen LogP) is 0.969. The van der Waals surface area contributed by atoms with E-state index in [1.165, 1.54) is 11.6 Å². The Kier molecular flexibility index (Phi) is 3.09. The van der Waals surface area contributed by atoms with E-state index < -0.39 is 11.6 Å². The molecule has 0 aliphatic heterocycles. The Labute approximate surface area is 103 Å². The van der Waals surface area contributed by atoms with Crippen molar-refractivity contribution in [2.75, 3.05) is 0 Å². The van der Waals surface area contributed by atoms with Gasteiger partial charge in [0.2, 0.25) is 11.6 Å². The van der Waals surface area contributed by atoms with Crippen LogP contribution in [0.4, 0.5) is 0 Å². The monoisotopic (exact) mass is 242 g/mol. The number of tetrazole rings is 1. The second-order valence-corrected chi connectivity index (χ2v) is 3.61. The Morgan fingerprint density at radius 1 is 1.22 bits per heavy atom. The van der Waals surface area contributed by atoms with E-state index >= 15 is 0 Å². The third-order valence-corrected chi connectivity index (χ3v) is 2.34. The van der Waals surface area contributed by atoms with Crippen LogP contribution in [-0.2, 0) is 9.59 Å². The molecule has 0 N–H and O–H groups in total. The minimum atomic E-state index is -0.709. The van der Waals surface area contributed by atoms with Gasteiger partial charge in [0.1, 0.15) is 5.70 Å². The minimum Gasteiger partial charge on any atom is -0.291 e. The lowest BCUT2D eigenvalue weighted by molar-refractivity contribution is -0.132. The van der Waals surface area contributed by atoms with Gasteiger partial charge in [0.25, 0.3) is 0 Å². The molecule has 18 heavy (non-hydrogen) atoms. The summed E-state index contributed by atoms with van der Waals surface area (Å²) in [5.41, 5.74) is 0.673. The zero-order valence-corrected chi connectivity index (χ0v) is 9.70. The second kappa shape index (κ2) is 4.70. The van der Waals surface area contributed by atoms with Crippen molar-refractivity contribution < 1.29 is 9.59 Å². The number of benzene rings is 1. The molecular formula is C12H10N4O2. The highest BCUT2D eigenvalue weighted by Crippen LogP contribution is 2.17. The molecule has 0 aliphatic carbocycles. The molecule has 1 aromatic heterocycles. The smallest absolute Gasteiger partial charge is 0.246 e. The zero-order valence-electron chi connectivity index (χ0n) is 9.70. The normalized spacial score (nSPS) is 10.1. The lowest BCUT2D eigenvalue weighted by Gasteiger charge is -2.04. The van der Waals surface area contributed by atoms with Crippen molar-refractivity contribution in [3.05, 3.63) is 36.9 Å². The van der Waals surface area contributed by atoms with E-state index in [2.05, 4.69) is 22.1 Å². The number of carbonyl (C=O) groups excluding carboxylic acids is 2. The Hall–Kier alpha value is -2.63. The first-order chi connectivity index (χ1) is 8.61. The maximum atomic E-state index is 11.6. The van der Waals surface area contributed by atoms with Crippen LogP contribution in [0.5, 0.6) is 0 Å². The number of allylic oxidation sites excluding steroid dienone is 1. The number of ketones is 2. The Morgan fingerprint density at radius 2 is 1.89 bits per heavy atom. The molecule has 2 rings (SSSR count). The van der Waals surface area contributed by atoms with Crippen LogP contribution in [-0.4, -0.2) is 31.8 Å². The van der Waals surface area contributed by atoms with Crippen LogP contribution in [0.25, 0.3) is 17.1 Å². The van der Waals surface area contributed by atoms with Crippen LogP contribution >= 0.6 is 0 Å². The summed E-state index contributed by atoms with van der Waals surface area (Å²) in [7, 11) is 0. The molecule has 0 amide bonds. The summed E-state index contributed by atoms with van der Waals surface area (Å²) >= 11 is 0. The molecule has 6 heteroatoms. The van der Waals surface area contributed by atoms with Crippen molar-refractivity contribution in [3.8, 4) is 11.4 Å². The van der Waals surface area contributed by atoms with E-state index in [4.69, 9.17) is 0 Å². The first kappa shape index (κ1) is 11.8. The molecule has 0 aliphatic rings. The van der Waals surface area contributed by atoms with Crippen molar-refractivity contribution in [2.45, 2.75) is 6.92 Å². The van der Waals surface area contributed by atoms with Gasteiger partial charge in [-0.1, -0.05) is 36.9 Å². The lowest BCUT2D eigenvalue weighted by Crippen LogP contribution is -2.17. The maximum Gasteiger partial charge on any atom is 0.246 e. The third kappa shape index (κ3) is 2.08. The van der Waals surface area contributed by atoms with Gasteiger partial charge < -0.3 is 0 Å². The van der Waals surface area contributed by atoms with Crippen LogP contribution < -0.4 is 0 Å². The molecule has 90 valence electrons. The largest absolute Gasteiger partial charge is 0.291 e. The third-order valence-electron chi connectivity index (χ3n) is 2.34. The first-order valence-corrected chi connectivity index (χ1v) is 5.19. The second-order valence-electron chi connectivity index (χ2n) is 3.61. The van der Waals surface area contributed by atoms with Gasteiger partial charge >= 0.3 is 0 Å². The average Bonchev–Trinajstić information content (AvgIpc) is 2.87. The standard InChI is InChI=1S/C12H10N4O2/c1-8(11(18)9(2)17)16-12(13-14-15-16)10-6-4-3-5-7-10/h3-7H,1H2,2H3. The minimum absolute atomic E-state index is 0.0636. The van der Waals surface area contributed by atoms with Crippen LogP contribution in [0, 0.1) is 0 Å². The number of carbonyl (C=O) groups is 2. The molecule has 2 aromatic rings. The van der Waals surface area contributed by atoms with Crippen molar-refractivity contribution in [3.63, 3.8) is 0 Å². The van der Waals surface area contributed by atoms with Crippen LogP contribution in [0.15, 0.2) is 36.9 Å². The van der Waals surface area contributed by atoms with E-state index in [0.29, 0.717) is 5.82 Å².